The Hall–Kier alpha value is -2.79. The van der Waals surface area contributed by atoms with E-state index in [1.54, 1.807) is 13.8 Å². The lowest BCUT2D eigenvalue weighted by Gasteiger charge is -2.36. The van der Waals surface area contributed by atoms with Crippen LogP contribution in [-0.4, -0.2) is 60.0 Å². The van der Waals surface area contributed by atoms with Gasteiger partial charge in [0.1, 0.15) is 17.3 Å². The number of hydrogen-bond acceptors (Lipinski definition) is 6. The molecule has 3 aliphatic rings. The van der Waals surface area contributed by atoms with Gasteiger partial charge < -0.3 is 9.64 Å². The molecular formula is C25H30F2N4O4S. The number of benzene rings is 1. The highest BCUT2D eigenvalue weighted by Crippen LogP contribution is 2.42. The van der Waals surface area contributed by atoms with Gasteiger partial charge in [-0.05, 0) is 57.1 Å². The minimum atomic E-state index is -3.39. The van der Waals surface area contributed by atoms with Crippen molar-refractivity contribution in [3.05, 3.63) is 58.5 Å². The molecule has 194 valence electrons. The fourth-order valence-corrected chi connectivity index (χ4v) is 6.66. The first kappa shape index (κ1) is 24.9. The van der Waals surface area contributed by atoms with E-state index in [1.807, 2.05) is 4.90 Å². The number of anilines is 1. The average Bonchev–Trinajstić information content (AvgIpc) is 3.41. The zero-order valence-corrected chi connectivity index (χ0v) is 21.1. The van der Waals surface area contributed by atoms with Gasteiger partial charge in [-0.25, -0.2) is 17.2 Å². The van der Waals surface area contributed by atoms with Crippen LogP contribution in [0, 0.1) is 23.5 Å². The summed E-state index contributed by atoms with van der Waals surface area (Å²) >= 11 is 0. The van der Waals surface area contributed by atoms with E-state index in [4.69, 9.17) is 4.74 Å². The van der Waals surface area contributed by atoms with E-state index >= 15 is 0 Å². The number of halogens is 2. The van der Waals surface area contributed by atoms with Gasteiger partial charge in [0, 0.05) is 32.2 Å². The van der Waals surface area contributed by atoms with Crippen molar-refractivity contribution in [2.45, 2.75) is 44.5 Å². The maximum Gasteiger partial charge on any atom is 0.316 e. The van der Waals surface area contributed by atoms with Crippen molar-refractivity contribution in [3.63, 3.8) is 0 Å². The predicted molar refractivity (Wildman–Crippen MR) is 132 cm³/mol. The fraction of sp³-hybridized carbons (Fsp3) is 0.520. The lowest BCUT2D eigenvalue weighted by molar-refractivity contribution is 0.198. The molecule has 0 bridgehead atoms. The first-order chi connectivity index (χ1) is 17.1. The van der Waals surface area contributed by atoms with Crippen LogP contribution >= 0.6 is 0 Å². The lowest BCUT2D eigenvalue weighted by Crippen LogP contribution is -2.50. The number of piperazine rings is 1. The molecule has 3 atom stereocenters. The second-order valence-corrected chi connectivity index (χ2v) is 12.5. The Morgan fingerprint density at radius 1 is 1.06 bits per heavy atom. The van der Waals surface area contributed by atoms with Crippen molar-refractivity contribution in [2.24, 2.45) is 11.8 Å². The van der Waals surface area contributed by atoms with Crippen LogP contribution in [0.15, 0.2) is 41.3 Å². The van der Waals surface area contributed by atoms with Gasteiger partial charge in [0.15, 0.2) is 0 Å². The summed E-state index contributed by atoms with van der Waals surface area (Å²) < 4.78 is 61.6. The molecule has 0 radical (unpaired) electrons. The van der Waals surface area contributed by atoms with Crippen LogP contribution in [0.25, 0.3) is 5.69 Å². The zero-order chi connectivity index (χ0) is 25.6. The molecule has 2 aliphatic carbocycles. The molecule has 1 saturated carbocycles. The van der Waals surface area contributed by atoms with Crippen molar-refractivity contribution in [2.75, 3.05) is 31.1 Å². The van der Waals surface area contributed by atoms with E-state index in [9.17, 15) is 22.0 Å². The maximum absolute atomic E-state index is 13.9. The minimum Gasteiger partial charge on any atom is -0.483 e. The molecule has 36 heavy (non-hydrogen) atoms. The van der Waals surface area contributed by atoms with Gasteiger partial charge in [0.2, 0.25) is 15.8 Å². The van der Waals surface area contributed by atoms with Gasteiger partial charge in [-0.3, -0.25) is 4.79 Å². The third-order valence-electron chi connectivity index (χ3n) is 7.35. The van der Waals surface area contributed by atoms with Crippen molar-refractivity contribution in [1.82, 2.24) is 14.1 Å². The Kier molecular flexibility index (Phi) is 6.63. The summed E-state index contributed by atoms with van der Waals surface area (Å²) in [5.41, 5.74) is -0.183. The Balaban J connectivity index is 1.47. The van der Waals surface area contributed by atoms with Crippen LogP contribution in [-0.2, 0) is 10.0 Å². The van der Waals surface area contributed by atoms with Gasteiger partial charge in [0.05, 0.1) is 23.2 Å². The summed E-state index contributed by atoms with van der Waals surface area (Å²) in [7, 11) is -3.39. The lowest BCUT2D eigenvalue weighted by atomic mass is 10.0. The third kappa shape index (κ3) is 4.66. The standard InChI is InChI=1S/C25H30F2N4O4S/c1-16(2)36(33,34)30-8-6-29(7-9-30)23-15-28-31(21-13-19(26)12-20(27)14-21)25(32)24(23)35-22-10-17-4-3-5-18(17)11-22/h3-4,12-18,22H,5-11H2,1-2H3/t17-,18+,22?/m1/s1. The molecule has 8 nitrogen and oxygen atoms in total. The number of fused-ring (bicyclic) bond motifs is 1. The molecule has 2 fully saturated rings. The highest BCUT2D eigenvalue weighted by molar-refractivity contribution is 7.89. The van der Waals surface area contributed by atoms with E-state index in [1.165, 1.54) is 10.5 Å². The second kappa shape index (κ2) is 9.59. The molecule has 2 aromatic rings. The van der Waals surface area contributed by atoms with E-state index in [2.05, 4.69) is 17.3 Å². The van der Waals surface area contributed by atoms with E-state index in [-0.39, 0.29) is 30.6 Å². The molecule has 11 heteroatoms. The Bertz CT molecular complexity index is 1320. The number of sulfonamides is 1. The number of allylic oxidation sites excluding steroid dienone is 2. The largest absolute Gasteiger partial charge is 0.483 e. The van der Waals surface area contributed by atoms with Gasteiger partial charge in [-0.2, -0.15) is 14.1 Å². The summed E-state index contributed by atoms with van der Waals surface area (Å²) in [6, 6.07) is 2.82. The molecule has 0 amide bonds. The van der Waals surface area contributed by atoms with Crippen molar-refractivity contribution < 1.29 is 21.9 Å². The first-order valence-corrected chi connectivity index (χ1v) is 13.8. The highest BCUT2D eigenvalue weighted by atomic mass is 32.2. The predicted octanol–water partition coefficient (Wildman–Crippen LogP) is 3.10. The van der Waals surface area contributed by atoms with E-state index in [0.717, 1.165) is 42.1 Å². The van der Waals surface area contributed by atoms with Crippen molar-refractivity contribution in [3.8, 4) is 11.4 Å². The van der Waals surface area contributed by atoms with Gasteiger partial charge in [-0.1, -0.05) is 12.2 Å². The summed E-state index contributed by atoms with van der Waals surface area (Å²) in [5, 5.41) is 3.68. The van der Waals surface area contributed by atoms with Crippen LogP contribution in [0.4, 0.5) is 14.5 Å². The maximum atomic E-state index is 13.9. The molecule has 0 N–H and O–H groups in total. The molecule has 1 aromatic heterocycles. The zero-order valence-electron chi connectivity index (χ0n) is 20.3. The molecule has 0 spiro atoms. The van der Waals surface area contributed by atoms with Crippen LogP contribution in [0.2, 0.25) is 0 Å². The number of rotatable bonds is 6. The smallest absolute Gasteiger partial charge is 0.316 e. The fourth-order valence-electron chi connectivity index (χ4n) is 5.39. The summed E-state index contributed by atoms with van der Waals surface area (Å²) in [5.74, 6) is -0.649. The number of ether oxygens (including phenoxy) is 1. The minimum absolute atomic E-state index is 0.0343. The quantitative estimate of drug-likeness (QED) is 0.545. The van der Waals surface area contributed by atoms with Gasteiger partial charge >= 0.3 is 5.56 Å². The van der Waals surface area contributed by atoms with Crippen LogP contribution in [0.5, 0.6) is 5.75 Å². The average molecular weight is 521 g/mol. The SMILES string of the molecule is CC(C)S(=O)(=O)N1CCN(c2cnn(-c3cc(F)cc(F)c3)c(=O)c2OC2C[C@@H]3CC=C[C@@H]3C2)CC1. The van der Waals surface area contributed by atoms with Crippen molar-refractivity contribution in [1.29, 1.82) is 0 Å². The van der Waals surface area contributed by atoms with Crippen molar-refractivity contribution >= 4 is 15.7 Å². The topological polar surface area (TPSA) is 84.7 Å². The van der Waals surface area contributed by atoms with Crippen LogP contribution in [0.3, 0.4) is 0 Å². The molecular weight excluding hydrogens is 490 g/mol. The Morgan fingerprint density at radius 3 is 2.39 bits per heavy atom. The monoisotopic (exact) mass is 520 g/mol. The second-order valence-electron chi connectivity index (χ2n) is 9.98. The summed E-state index contributed by atoms with van der Waals surface area (Å²) in [4.78, 5) is 15.5. The highest BCUT2D eigenvalue weighted by Gasteiger charge is 2.37. The van der Waals surface area contributed by atoms with Gasteiger partial charge in [-0.15, -0.1) is 0 Å². The normalized spacial score (nSPS) is 24.5. The number of aromatic nitrogens is 2. The Morgan fingerprint density at radius 2 is 1.75 bits per heavy atom. The van der Waals surface area contributed by atoms with E-state index in [0.29, 0.717) is 30.6 Å². The molecule has 1 unspecified atom stereocenters. The number of hydrogen-bond donors (Lipinski definition) is 0. The molecule has 5 rings (SSSR count). The van der Waals surface area contributed by atoms with Gasteiger partial charge in [0.25, 0.3) is 0 Å². The summed E-state index contributed by atoms with van der Waals surface area (Å²) in [6.45, 7) is 4.58. The first-order valence-electron chi connectivity index (χ1n) is 12.3. The molecule has 1 aliphatic heterocycles. The molecule has 1 aromatic carbocycles. The van der Waals surface area contributed by atoms with Crippen LogP contribution < -0.4 is 15.2 Å². The number of nitrogens with zero attached hydrogens (tertiary/aromatic N) is 4. The Labute approximate surface area is 209 Å². The molecule has 2 heterocycles. The third-order valence-corrected chi connectivity index (χ3v) is 9.63. The summed E-state index contributed by atoms with van der Waals surface area (Å²) in [6.07, 6.45) is 8.27. The van der Waals surface area contributed by atoms with E-state index < -0.39 is 32.5 Å². The van der Waals surface area contributed by atoms with Crippen LogP contribution in [0.1, 0.15) is 33.1 Å². The molecule has 1 saturated heterocycles.